The van der Waals surface area contributed by atoms with E-state index in [4.69, 9.17) is 45.5 Å². The van der Waals surface area contributed by atoms with Gasteiger partial charge in [0.2, 0.25) is 11.7 Å². The van der Waals surface area contributed by atoms with Gasteiger partial charge < -0.3 is 59.0 Å². The van der Waals surface area contributed by atoms with Crippen molar-refractivity contribution in [2.75, 3.05) is 52.2 Å². The van der Waals surface area contributed by atoms with Gasteiger partial charge in [0.25, 0.3) is 11.5 Å². The van der Waals surface area contributed by atoms with Gasteiger partial charge in [-0.3, -0.25) is 23.4 Å². The molecule has 6 heterocycles. The van der Waals surface area contributed by atoms with Crippen LogP contribution in [0.2, 0.25) is 0 Å². The Labute approximate surface area is 314 Å². The summed E-state index contributed by atoms with van der Waals surface area (Å²) in [6, 6.07) is 0. The van der Waals surface area contributed by atoms with Crippen LogP contribution in [0.25, 0.3) is 22.3 Å². The van der Waals surface area contributed by atoms with Crippen molar-refractivity contribution >= 4 is 68.3 Å². The summed E-state index contributed by atoms with van der Waals surface area (Å²) < 4.78 is 71.4. The number of nitrogens with two attached hydrogens (primary N) is 1. The van der Waals surface area contributed by atoms with Crippen molar-refractivity contribution in [2.45, 2.75) is 49.1 Å². The molecule has 0 amide bonds. The van der Waals surface area contributed by atoms with Gasteiger partial charge in [-0.2, -0.15) is 4.31 Å². The van der Waals surface area contributed by atoms with Gasteiger partial charge in [0.1, 0.15) is 48.5 Å². The number of phosphoric acid groups is 2. The fourth-order valence-corrected chi connectivity index (χ4v) is 10.5. The molecule has 30 heteroatoms. The summed E-state index contributed by atoms with van der Waals surface area (Å²) in [4.78, 5) is 64.7. The van der Waals surface area contributed by atoms with Gasteiger partial charge in [-0.05, 0) is 11.8 Å². The number of aliphatic hydroxyl groups excluding tert-OH is 2. The number of nitrogens with zero attached hydrogens (tertiary/aromatic N) is 8. The van der Waals surface area contributed by atoms with Gasteiger partial charge in [0, 0.05) is 28.3 Å². The second-order valence-corrected chi connectivity index (χ2v) is 18.4. The Kier molecular flexibility index (Phi) is 12.0. The molecule has 6 rings (SSSR count). The molecule has 26 nitrogen and oxygen atoms in total. The predicted molar refractivity (Wildman–Crippen MR) is 187 cm³/mol. The molecule has 0 bridgehead atoms. The lowest BCUT2D eigenvalue weighted by Gasteiger charge is -2.24. The van der Waals surface area contributed by atoms with Crippen molar-refractivity contribution in [3.05, 3.63) is 29.3 Å². The van der Waals surface area contributed by atoms with E-state index in [1.807, 2.05) is 0 Å². The molecule has 55 heavy (non-hydrogen) atoms. The maximum atomic E-state index is 12.7. The van der Waals surface area contributed by atoms with Crippen LogP contribution in [0.3, 0.4) is 0 Å². The average molecular weight is 860 g/mol. The van der Waals surface area contributed by atoms with E-state index in [0.29, 0.717) is 11.2 Å². The van der Waals surface area contributed by atoms with Crippen molar-refractivity contribution in [2.24, 2.45) is 7.05 Å². The average Bonchev–Trinajstić information content (AvgIpc) is 3.84. The first-order valence-electron chi connectivity index (χ1n) is 15.8. The number of aromatic amines is 1. The number of hydrogen-bond acceptors (Lipinski definition) is 20. The van der Waals surface area contributed by atoms with E-state index in [1.165, 1.54) is 58.9 Å². The molecule has 0 spiro atoms. The number of hydrogen-bond donors (Lipinski definition) is 7. The van der Waals surface area contributed by atoms with Crippen LogP contribution in [0.5, 0.6) is 0 Å². The van der Waals surface area contributed by atoms with Crippen LogP contribution in [-0.4, -0.2) is 137 Å². The van der Waals surface area contributed by atoms with E-state index in [9.17, 15) is 38.8 Å². The molecule has 304 valence electrons. The van der Waals surface area contributed by atoms with Gasteiger partial charge in [-0.15, -0.1) is 0 Å². The number of rotatable bonds is 15. The minimum Gasteiger partial charge on any atom is -0.387 e. The Hall–Kier alpha value is -2.91. The van der Waals surface area contributed by atoms with Crippen molar-refractivity contribution in [3.63, 3.8) is 0 Å². The highest BCUT2D eigenvalue weighted by atomic mass is 32.5. The number of nitrogen functional groups attached to an aromatic ring is 1. The fraction of sp³-hybridized carbons (Fsp3) is 0.600. The molecule has 11 atom stereocenters. The van der Waals surface area contributed by atoms with Crippen LogP contribution in [0, 0.1) is 0 Å². The summed E-state index contributed by atoms with van der Waals surface area (Å²) >= 11 is 4.85. The van der Waals surface area contributed by atoms with Crippen LogP contribution in [0.1, 0.15) is 12.5 Å². The molecule has 0 aromatic carbocycles. The van der Waals surface area contributed by atoms with Gasteiger partial charge in [-0.1, -0.05) is 4.98 Å². The van der Waals surface area contributed by atoms with Crippen LogP contribution in [-0.2, 0) is 64.6 Å². The molecule has 5 unspecified atom stereocenters. The lowest BCUT2D eigenvalue weighted by Crippen LogP contribution is -2.46. The predicted octanol–water partition coefficient (Wildman–Crippen LogP) is -1.93. The van der Waals surface area contributed by atoms with Crippen molar-refractivity contribution in [3.8, 4) is 0 Å². The number of aliphatic hydroxyl groups is 2. The molecule has 2 aliphatic heterocycles. The first-order valence-corrected chi connectivity index (χ1v) is 21.4. The number of phosphoric ester groups is 1. The first kappa shape index (κ1) is 41.7. The number of fused-ring (bicyclic) bond motifs is 2. The molecule has 2 aliphatic rings. The smallest absolute Gasteiger partial charge is 0.387 e. The lowest BCUT2D eigenvalue weighted by molar-refractivity contribution is -0.745. The van der Waals surface area contributed by atoms with E-state index in [2.05, 4.69) is 33.5 Å². The number of aryl methyl sites for hydroxylation is 1. The third-order valence-electron chi connectivity index (χ3n) is 8.50. The molecule has 4 aromatic rings. The summed E-state index contributed by atoms with van der Waals surface area (Å²) in [6.07, 6.45) is -5.94. The third kappa shape index (κ3) is 8.54. The normalized spacial score (nSPS) is 29.1. The molecule has 8 N–H and O–H groups in total. The maximum absolute atomic E-state index is 12.7. The van der Waals surface area contributed by atoms with Crippen LogP contribution in [0.4, 0.5) is 11.8 Å². The number of ether oxygens (including phenoxy) is 4. The van der Waals surface area contributed by atoms with Crippen LogP contribution < -0.4 is 20.8 Å². The third-order valence-corrected chi connectivity index (χ3v) is 13.7. The van der Waals surface area contributed by atoms with Crippen LogP contribution >= 0.6 is 22.4 Å². The summed E-state index contributed by atoms with van der Waals surface area (Å²) in [7, 11) is -3.71. The van der Waals surface area contributed by atoms with E-state index in [-0.39, 0.29) is 22.9 Å². The Balaban J connectivity index is 1.07. The molecule has 4 aromatic heterocycles. The summed E-state index contributed by atoms with van der Waals surface area (Å²) in [5.41, 5.74) is 6.17. The fourth-order valence-electron chi connectivity index (χ4n) is 6.05. The number of aromatic nitrogens is 8. The SMILES string of the molecule is COC1[C@@H](COP(O)(=S)OP(=O)(O)OP(=O)(O)OC[C@H]2O[C@@H]([n+]3cn(C)c4c(=O)[nH]c(N(C)C)nc43)C(O)[C@H]2O)O[C@@H](n2cnc3c(N)ncnc32)[C@H]1OC. The highest BCUT2D eigenvalue weighted by Crippen LogP contribution is 2.68. The Morgan fingerprint density at radius 1 is 1.00 bits per heavy atom. The summed E-state index contributed by atoms with van der Waals surface area (Å²) in [6.45, 7) is -6.31. The van der Waals surface area contributed by atoms with Gasteiger partial charge in [0.05, 0.1) is 26.6 Å². The van der Waals surface area contributed by atoms with Crippen LogP contribution in [0.15, 0.2) is 23.8 Å². The molecule has 0 saturated carbocycles. The van der Waals surface area contributed by atoms with Crippen molar-refractivity contribution in [1.82, 2.24) is 34.1 Å². The van der Waals surface area contributed by atoms with Gasteiger partial charge in [0.15, 0.2) is 24.0 Å². The quantitative estimate of drug-likeness (QED) is 0.0505. The monoisotopic (exact) mass is 859 g/mol. The second-order valence-electron chi connectivity index (χ2n) is 12.3. The molecular formula is C25H38N10O16P3S+. The molecule has 2 fully saturated rings. The first-order chi connectivity index (χ1) is 25.8. The highest BCUT2D eigenvalue weighted by molar-refractivity contribution is 8.08. The lowest BCUT2D eigenvalue weighted by atomic mass is 10.1. The van der Waals surface area contributed by atoms with E-state index in [0.717, 1.165) is 0 Å². The Bertz CT molecular complexity index is 2260. The topological polar surface area (TPSA) is 337 Å². The molecule has 0 radical (unpaired) electrons. The number of anilines is 2. The van der Waals surface area contributed by atoms with E-state index < -0.39 is 90.2 Å². The summed E-state index contributed by atoms with van der Waals surface area (Å²) in [5, 5.41) is 21.5. The number of H-pyrrole nitrogens is 1. The molecule has 0 aliphatic carbocycles. The summed E-state index contributed by atoms with van der Waals surface area (Å²) in [5.74, 6) is 0.300. The number of methoxy groups -OCH3 is 2. The zero-order valence-electron chi connectivity index (χ0n) is 29.4. The van der Waals surface area contributed by atoms with E-state index >= 15 is 0 Å². The zero-order valence-corrected chi connectivity index (χ0v) is 32.9. The highest BCUT2D eigenvalue weighted by Gasteiger charge is 2.50. The Morgan fingerprint density at radius 2 is 1.69 bits per heavy atom. The van der Waals surface area contributed by atoms with Crippen molar-refractivity contribution in [1.29, 1.82) is 0 Å². The maximum Gasteiger partial charge on any atom is 0.488 e. The standard InChI is InChI=1S/C25H37N10O16P3S/c1-32(2)25-30-21-14(22(38)31-25)33(3)10-35(21)23-16(37)15(36)11(48-23)6-46-52(39,40)50-53(41,42)51-54(43,55)47-7-12-17(44-4)18(45-5)24(49-12)34-9-29-13-19(26)27-8-28-20(13)34/h8-12,15-18,23-24,36-37H,6-7H2,1-5H3,(H5-,26,27,28,30,31,38,39,40,41,42,43,55)/p+1/t11-,12-,15+,16?,17?,18+,23-,24-,54?/m1/s1. The minimum absolute atomic E-state index is 0.0762. The van der Waals surface area contributed by atoms with E-state index in [1.54, 1.807) is 14.1 Å². The molecule has 2 saturated heterocycles. The molecular weight excluding hydrogens is 821 g/mol. The number of imidazole rings is 2. The largest absolute Gasteiger partial charge is 0.488 e. The zero-order chi connectivity index (χ0) is 40.2. The second kappa shape index (κ2) is 15.8. The Morgan fingerprint density at radius 3 is 2.36 bits per heavy atom. The van der Waals surface area contributed by atoms with Crippen molar-refractivity contribution < 1.29 is 75.2 Å². The minimum atomic E-state index is -5.72. The number of nitrogens with one attached hydrogen (secondary N) is 1. The van der Waals surface area contributed by atoms with Gasteiger partial charge >= 0.3 is 28.0 Å². The van der Waals surface area contributed by atoms with Gasteiger partial charge in [-0.25, -0.2) is 33.0 Å².